The normalized spacial score (nSPS) is 13.4. The number of hydrogen-bond donors (Lipinski definition) is 0. The van der Waals surface area contributed by atoms with Gasteiger partial charge in [0.15, 0.2) is 0 Å². The Morgan fingerprint density at radius 2 is 1.15 bits per heavy atom. The Balaban J connectivity index is 1.11. The van der Waals surface area contributed by atoms with Crippen LogP contribution in [0, 0.1) is 0 Å². The molecule has 0 aliphatic heterocycles. The third-order valence-corrected chi connectivity index (χ3v) is 13.0. The summed E-state index contributed by atoms with van der Waals surface area (Å²) in [5, 5.41) is 6.80. The van der Waals surface area contributed by atoms with Gasteiger partial charge in [-0.2, -0.15) is 0 Å². The first kappa shape index (κ1) is 30.8. The Labute approximate surface area is 321 Å². The SMILES string of the molecule is CC1(C)c2ccccc2-c2ccc(N(c3ccc4c(c3)sc3ccccc34)c3cccc4oc5cc6c(cc5c34)oc3c(-c4ccccc4)cccc36)cc21. The molecule has 11 aromatic rings. The van der Waals surface area contributed by atoms with Gasteiger partial charge in [0.1, 0.15) is 22.3 Å². The van der Waals surface area contributed by atoms with Crippen LogP contribution in [-0.2, 0) is 5.41 Å². The van der Waals surface area contributed by atoms with Gasteiger partial charge in [-0.1, -0.05) is 123 Å². The summed E-state index contributed by atoms with van der Waals surface area (Å²) in [7, 11) is 0. The minimum absolute atomic E-state index is 0.136. The maximum atomic E-state index is 6.76. The number of furan rings is 2. The van der Waals surface area contributed by atoms with Crippen molar-refractivity contribution < 1.29 is 8.83 Å². The van der Waals surface area contributed by atoms with E-state index in [9.17, 15) is 0 Å². The zero-order chi connectivity index (χ0) is 36.4. The van der Waals surface area contributed by atoms with Gasteiger partial charge >= 0.3 is 0 Å². The van der Waals surface area contributed by atoms with E-state index in [0.717, 1.165) is 72.1 Å². The van der Waals surface area contributed by atoms with Crippen molar-refractivity contribution in [3.8, 4) is 22.3 Å². The highest BCUT2D eigenvalue weighted by Crippen LogP contribution is 2.52. The summed E-state index contributed by atoms with van der Waals surface area (Å²) < 4.78 is 16.1. The minimum atomic E-state index is -0.136. The Bertz CT molecular complexity index is 3360. The Morgan fingerprint density at radius 3 is 2.07 bits per heavy atom. The van der Waals surface area contributed by atoms with E-state index in [0.29, 0.717) is 0 Å². The maximum absolute atomic E-state index is 6.76. The topological polar surface area (TPSA) is 29.5 Å². The molecular formula is C51H33NO2S. The molecule has 0 radical (unpaired) electrons. The number of fused-ring (bicyclic) bond motifs is 12. The third kappa shape index (κ3) is 4.37. The number of nitrogens with zero attached hydrogens (tertiary/aromatic N) is 1. The van der Waals surface area contributed by atoms with Crippen molar-refractivity contribution >= 4 is 92.4 Å². The highest BCUT2D eigenvalue weighted by atomic mass is 32.1. The molecule has 3 heterocycles. The monoisotopic (exact) mass is 723 g/mol. The molecule has 0 spiro atoms. The van der Waals surface area contributed by atoms with Crippen LogP contribution in [-0.4, -0.2) is 0 Å². The summed E-state index contributed by atoms with van der Waals surface area (Å²) in [5.41, 5.74) is 14.1. The highest BCUT2D eigenvalue weighted by Gasteiger charge is 2.36. The van der Waals surface area contributed by atoms with Gasteiger partial charge in [-0.3, -0.25) is 0 Å². The van der Waals surface area contributed by atoms with Crippen LogP contribution in [0.4, 0.5) is 17.1 Å². The molecule has 8 aromatic carbocycles. The number of anilines is 3. The zero-order valence-electron chi connectivity index (χ0n) is 30.3. The number of thiophene rings is 1. The number of rotatable bonds is 4. The number of para-hydroxylation sites is 1. The van der Waals surface area contributed by atoms with E-state index in [4.69, 9.17) is 8.83 Å². The number of benzene rings is 8. The Kier molecular flexibility index (Phi) is 6.27. The van der Waals surface area contributed by atoms with E-state index in [1.807, 2.05) is 17.4 Å². The second kappa shape index (κ2) is 11.2. The first-order valence-corrected chi connectivity index (χ1v) is 19.6. The smallest absolute Gasteiger partial charge is 0.143 e. The molecule has 3 nitrogen and oxygen atoms in total. The van der Waals surface area contributed by atoms with Gasteiger partial charge in [0.25, 0.3) is 0 Å². The molecule has 260 valence electrons. The molecule has 0 atom stereocenters. The second-order valence-corrected chi connectivity index (χ2v) is 16.3. The summed E-state index contributed by atoms with van der Waals surface area (Å²) in [4.78, 5) is 2.43. The zero-order valence-corrected chi connectivity index (χ0v) is 31.1. The third-order valence-electron chi connectivity index (χ3n) is 11.9. The molecule has 12 rings (SSSR count). The van der Waals surface area contributed by atoms with Gasteiger partial charge in [-0.05, 0) is 82.4 Å². The average Bonchev–Trinajstić information content (AvgIpc) is 3.95. The van der Waals surface area contributed by atoms with E-state index in [2.05, 4.69) is 176 Å². The number of hydrogen-bond acceptors (Lipinski definition) is 4. The molecular weight excluding hydrogens is 691 g/mol. The van der Waals surface area contributed by atoms with E-state index in [1.54, 1.807) is 0 Å². The van der Waals surface area contributed by atoms with Crippen molar-refractivity contribution in [1.29, 1.82) is 0 Å². The van der Waals surface area contributed by atoms with Crippen LogP contribution in [0.5, 0.6) is 0 Å². The van der Waals surface area contributed by atoms with E-state index in [-0.39, 0.29) is 5.41 Å². The Morgan fingerprint density at radius 1 is 0.455 bits per heavy atom. The van der Waals surface area contributed by atoms with Gasteiger partial charge in [-0.25, -0.2) is 0 Å². The maximum Gasteiger partial charge on any atom is 0.143 e. The lowest BCUT2D eigenvalue weighted by Gasteiger charge is -2.28. The lowest BCUT2D eigenvalue weighted by molar-refractivity contribution is 0.660. The summed E-state index contributed by atoms with van der Waals surface area (Å²) >= 11 is 1.85. The van der Waals surface area contributed by atoms with Gasteiger partial charge in [0.2, 0.25) is 0 Å². The standard InChI is InChI=1S/C51H33NO2S/c1-51(2)41-18-8-6-14-34(41)35-24-22-31(26-42(35)51)52(32-23-25-37-36-15-7-9-21-47(36)55-48(37)27-32)43-19-11-20-44-49(43)40-29-45-39(28-46(40)53-44)38-17-10-16-33(50(38)54-45)30-12-4-3-5-13-30/h3-29H,1-2H3. The fourth-order valence-corrected chi connectivity index (χ4v) is 10.4. The minimum Gasteiger partial charge on any atom is -0.456 e. The average molecular weight is 724 g/mol. The molecule has 1 aliphatic rings. The van der Waals surface area contributed by atoms with Crippen molar-refractivity contribution in [3.05, 3.63) is 175 Å². The summed E-state index contributed by atoms with van der Waals surface area (Å²) in [5.74, 6) is 0. The molecule has 3 aromatic heterocycles. The van der Waals surface area contributed by atoms with Crippen LogP contribution < -0.4 is 4.90 Å². The lowest BCUT2D eigenvalue weighted by atomic mass is 9.82. The van der Waals surface area contributed by atoms with Crippen LogP contribution >= 0.6 is 11.3 Å². The van der Waals surface area contributed by atoms with Crippen molar-refractivity contribution in [2.75, 3.05) is 4.90 Å². The summed E-state index contributed by atoms with van der Waals surface area (Å²) in [6.07, 6.45) is 0. The van der Waals surface area contributed by atoms with Crippen LogP contribution in [0.25, 0.3) is 86.3 Å². The van der Waals surface area contributed by atoms with Crippen LogP contribution in [0.1, 0.15) is 25.0 Å². The molecule has 0 fully saturated rings. The largest absolute Gasteiger partial charge is 0.456 e. The van der Waals surface area contributed by atoms with Gasteiger partial charge in [-0.15, -0.1) is 11.3 Å². The van der Waals surface area contributed by atoms with Crippen LogP contribution in [0.3, 0.4) is 0 Å². The van der Waals surface area contributed by atoms with E-state index in [1.165, 1.54) is 42.4 Å². The van der Waals surface area contributed by atoms with Gasteiger partial charge in [0.05, 0.1) is 11.1 Å². The van der Waals surface area contributed by atoms with Crippen molar-refractivity contribution in [3.63, 3.8) is 0 Å². The lowest BCUT2D eigenvalue weighted by Crippen LogP contribution is -2.16. The molecule has 1 aliphatic carbocycles. The molecule has 0 N–H and O–H groups in total. The predicted molar refractivity (Wildman–Crippen MR) is 232 cm³/mol. The molecule has 0 saturated heterocycles. The quantitative estimate of drug-likeness (QED) is 0.181. The highest BCUT2D eigenvalue weighted by molar-refractivity contribution is 7.25. The fourth-order valence-electron chi connectivity index (χ4n) is 9.24. The van der Waals surface area contributed by atoms with Crippen LogP contribution in [0.15, 0.2) is 173 Å². The van der Waals surface area contributed by atoms with Gasteiger partial charge in [0, 0.05) is 58.7 Å². The second-order valence-electron chi connectivity index (χ2n) is 15.3. The predicted octanol–water partition coefficient (Wildman–Crippen LogP) is 15.3. The van der Waals surface area contributed by atoms with Gasteiger partial charge < -0.3 is 13.7 Å². The summed E-state index contributed by atoms with van der Waals surface area (Å²) in [6.45, 7) is 4.70. The van der Waals surface area contributed by atoms with E-state index >= 15 is 0 Å². The molecule has 0 amide bonds. The van der Waals surface area contributed by atoms with E-state index < -0.39 is 0 Å². The first-order valence-electron chi connectivity index (χ1n) is 18.8. The van der Waals surface area contributed by atoms with Crippen molar-refractivity contribution in [1.82, 2.24) is 0 Å². The molecule has 0 unspecified atom stereocenters. The van der Waals surface area contributed by atoms with Crippen LogP contribution in [0.2, 0.25) is 0 Å². The summed E-state index contributed by atoms with van der Waals surface area (Å²) in [6, 6.07) is 59.1. The molecule has 0 saturated carbocycles. The Hall–Kier alpha value is -6.62. The fraction of sp³-hybridized carbons (Fsp3) is 0.0588. The first-order chi connectivity index (χ1) is 27.0. The molecule has 4 heteroatoms. The molecule has 55 heavy (non-hydrogen) atoms. The van der Waals surface area contributed by atoms with Crippen molar-refractivity contribution in [2.45, 2.75) is 19.3 Å². The molecule has 0 bridgehead atoms. The van der Waals surface area contributed by atoms with Crippen molar-refractivity contribution in [2.24, 2.45) is 0 Å².